The molecule has 0 aromatic carbocycles. The topological polar surface area (TPSA) is 0 Å². The van der Waals surface area contributed by atoms with Crippen molar-refractivity contribution in [2.75, 3.05) is 0 Å². The molecule has 0 saturated heterocycles. The van der Waals surface area contributed by atoms with Crippen molar-refractivity contribution < 1.29 is 0 Å². The summed E-state index contributed by atoms with van der Waals surface area (Å²) in [4.78, 5) is 0. The predicted octanol–water partition coefficient (Wildman–Crippen LogP) is 4.05. The Morgan fingerprint density at radius 1 is 1.25 bits per heavy atom. The van der Waals surface area contributed by atoms with Crippen LogP contribution in [0.1, 0.15) is 34.1 Å². The first-order valence-electron chi connectivity index (χ1n) is 4.87. The summed E-state index contributed by atoms with van der Waals surface area (Å²) >= 11 is 0. The molecule has 0 nitrogen and oxygen atoms in total. The molecule has 0 bridgehead atoms. The van der Waals surface area contributed by atoms with Crippen LogP contribution in [0.5, 0.6) is 0 Å². The van der Waals surface area contributed by atoms with Crippen molar-refractivity contribution in [2.45, 2.75) is 34.1 Å². The van der Waals surface area contributed by atoms with Gasteiger partial charge in [-0.05, 0) is 31.1 Å². The van der Waals surface area contributed by atoms with E-state index < -0.39 is 0 Å². The van der Waals surface area contributed by atoms with Gasteiger partial charge < -0.3 is 0 Å². The van der Waals surface area contributed by atoms with Crippen LogP contribution in [-0.2, 0) is 0 Å². The van der Waals surface area contributed by atoms with E-state index in [1.54, 1.807) is 0 Å². The highest BCUT2D eigenvalue weighted by molar-refractivity contribution is 4.87. The minimum Gasteiger partial charge on any atom is -0.103 e. The van der Waals surface area contributed by atoms with Gasteiger partial charge in [0.1, 0.15) is 0 Å². The summed E-state index contributed by atoms with van der Waals surface area (Å²) < 4.78 is 0. The lowest BCUT2D eigenvalue weighted by Crippen LogP contribution is -2.08. The van der Waals surface area contributed by atoms with Gasteiger partial charge in [0.05, 0.1) is 0 Å². The van der Waals surface area contributed by atoms with Crippen molar-refractivity contribution in [2.24, 2.45) is 17.8 Å². The first-order chi connectivity index (χ1) is 5.61. The maximum absolute atomic E-state index is 3.82. The summed E-state index contributed by atoms with van der Waals surface area (Å²) in [5.41, 5.74) is 0. The van der Waals surface area contributed by atoms with Gasteiger partial charge in [-0.3, -0.25) is 0 Å². The van der Waals surface area contributed by atoms with Crippen molar-refractivity contribution in [1.29, 1.82) is 0 Å². The zero-order valence-electron chi connectivity index (χ0n) is 8.88. The largest absolute Gasteiger partial charge is 0.103 e. The fraction of sp³-hybridized carbons (Fsp3) is 0.667. The summed E-state index contributed by atoms with van der Waals surface area (Å²) in [7, 11) is 0. The van der Waals surface area contributed by atoms with E-state index in [2.05, 4.69) is 46.4 Å². The summed E-state index contributed by atoms with van der Waals surface area (Å²) in [5, 5.41) is 0. The summed E-state index contributed by atoms with van der Waals surface area (Å²) in [6.07, 6.45) is 7.72. The molecule has 3 unspecified atom stereocenters. The number of allylic oxidation sites excluding steroid dienone is 3. The predicted molar refractivity (Wildman–Crippen MR) is 57.1 cm³/mol. The molecule has 0 radical (unpaired) electrons. The Morgan fingerprint density at radius 3 is 2.25 bits per heavy atom. The molecule has 0 spiro atoms. The van der Waals surface area contributed by atoms with E-state index in [9.17, 15) is 0 Å². The van der Waals surface area contributed by atoms with Gasteiger partial charge >= 0.3 is 0 Å². The molecule has 0 fully saturated rings. The zero-order chi connectivity index (χ0) is 9.56. The highest BCUT2D eigenvalue weighted by atomic mass is 14.2. The Hall–Kier alpha value is -0.520. The lowest BCUT2D eigenvalue weighted by molar-refractivity contribution is 0.388. The average Bonchev–Trinajstić information content (AvgIpc) is 2.03. The molecule has 0 saturated carbocycles. The minimum atomic E-state index is 0.637. The molecule has 0 heterocycles. The standard InChI is InChI=1S/C12H22/c1-6-8-10(3)9-12(5)11(4)7-2/h6-8,10-12H,2,9H2,1,3-5H3. The first kappa shape index (κ1) is 11.5. The smallest absolute Gasteiger partial charge is 0.0239 e. The van der Waals surface area contributed by atoms with E-state index in [-0.39, 0.29) is 0 Å². The van der Waals surface area contributed by atoms with Gasteiger partial charge in [-0.2, -0.15) is 0 Å². The maximum atomic E-state index is 3.82. The molecule has 3 atom stereocenters. The van der Waals surface area contributed by atoms with E-state index >= 15 is 0 Å². The van der Waals surface area contributed by atoms with E-state index in [1.807, 2.05) is 6.08 Å². The molecule has 0 amide bonds. The molecule has 0 rings (SSSR count). The molecule has 0 aliphatic heterocycles. The van der Waals surface area contributed by atoms with Gasteiger partial charge in [-0.1, -0.05) is 39.0 Å². The second-order valence-corrected chi connectivity index (χ2v) is 3.81. The fourth-order valence-corrected chi connectivity index (χ4v) is 1.44. The number of hydrogen-bond acceptors (Lipinski definition) is 0. The monoisotopic (exact) mass is 166 g/mol. The molecule has 12 heavy (non-hydrogen) atoms. The van der Waals surface area contributed by atoms with Crippen LogP contribution in [0.25, 0.3) is 0 Å². The molecule has 0 aromatic rings. The molecule has 0 N–H and O–H groups in total. The molecule has 0 aliphatic rings. The molecular formula is C12H22. The minimum absolute atomic E-state index is 0.637. The Kier molecular flexibility index (Phi) is 5.79. The highest BCUT2D eigenvalue weighted by Gasteiger charge is 2.10. The lowest BCUT2D eigenvalue weighted by atomic mass is 9.87. The van der Waals surface area contributed by atoms with Crippen molar-refractivity contribution >= 4 is 0 Å². The van der Waals surface area contributed by atoms with Gasteiger partial charge in [0, 0.05) is 0 Å². The fourth-order valence-electron chi connectivity index (χ4n) is 1.44. The third-order valence-corrected chi connectivity index (χ3v) is 2.53. The third-order valence-electron chi connectivity index (χ3n) is 2.53. The first-order valence-corrected chi connectivity index (χ1v) is 4.87. The summed E-state index contributed by atoms with van der Waals surface area (Å²) in [6, 6.07) is 0. The number of hydrogen-bond donors (Lipinski definition) is 0. The van der Waals surface area contributed by atoms with Crippen molar-refractivity contribution in [3.05, 3.63) is 24.8 Å². The quantitative estimate of drug-likeness (QED) is 0.541. The number of rotatable bonds is 5. The van der Waals surface area contributed by atoms with Gasteiger partial charge in [-0.15, -0.1) is 6.58 Å². The summed E-state index contributed by atoms with van der Waals surface area (Å²) in [5.74, 6) is 2.08. The lowest BCUT2D eigenvalue weighted by Gasteiger charge is -2.18. The van der Waals surface area contributed by atoms with E-state index in [4.69, 9.17) is 0 Å². The Bertz CT molecular complexity index is 144. The molecule has 0 aliphatic carbocycles. The Balaban J connectivity index is 3.82. The third kappa shape index (κ3) is 4.38. The van der Waals surface area contributed by atoms with Crippen molar-refractivity contribution in [3.63, 3.8) is 0 Å². The second kappa shape index (κ2) is 6.05. The van der Waals surface area contributed by atoms with Gasteiger partial charge in [0.25, 0.3) is 0 Å². The van der Waals surface area contributed by atoms with Gasteiger partial charge in [0.2, 0.25) is 0 Å². The molecule has 0 heteroatoms. The Morgan fingerprint density at radius 2 is 1.83 bits per heavy atom. The van der Waals surface area contributed by atoms with Crippen LogP contribution in [0.4, 0.5) is 0 Å². The van der Waals surface area contributed by atoms with E-state index in [0.29, 0.717) is 11.8 Å². The molecule has 70 valence electrons. The maximum Gasteiger partial charge on any atom is -0.0239 e. The van der Waals surface area contributed by atoms with Crippen LogP contribution < -0.4 is 0 Å². The normalized spacial score (nSPS) is 19.0. The average molecular weight is 166 g/mol. The SMILES string of the molecule is C=CC(C)C(C)CC(C)C=CC. The van der Waals surface area contributed by atoms with Crippen LogP contribution in [0, 0.1) is 17.8 Å². The van der Waals surface area contributed by atoms with Crippen LogP contribution in [-0.4, -0.2) is 0 Å². The highest BCUT2D eigenvalue weighted by Crippen LogP contribution is 2.21. The van der Waals surface area contributed by atoms with Crippen LogP contribution >= 0.6 is 0 Å². The van der Waals surface area contributed by atoms with Crippen LogP contribution in [0.15, 0.2) is 24.8 Å². The van der Waals surface area contributed by atoms with Gasteiger partial charge in [-0.25, -0.2) is 0 Å². The van der Waals surface area contributed by atoms with Crippen molar-refractivity contribution in [3.8, 4) is 0 Å². The Labute approximate surface area is 77.4 Å². The zero-order valence-corrected chi connectivity index (χ0v) is 8.88. The summed E-state index contributed by atoms with van der Waals surface area (Å²) in [6.45, 7) is 12.7. The van der Waals surface area contributed by atoms with Crippen LogP contribution in [0.3, 0.4) is 0 Å². The van der Waals surface area contributed by atoms with E-state index in [1.165, 1.54) is 6.42 Å². The molecule has 0 aromatic heterocycles. The van der Waals surface area contributed by atoms with Gasteiger partial charge in [0.15, 0.2) is 0 Å². The van der Waals surface area contributed by atoms with Crippen molar-refractivity contribution in [1.82, 2.24) is 0 Å². The van der Waals surface area contributed by atoms with E-state index in [0.717, 1.165) is 5.92 Å². The van der Waals surface area contributed by atoms with Crippen LogP contribution in [0.2, 0.25) is 0 Å². The second-order valence-electron chi connectivity index (χ2n) is 3.81. The molecular weight excluding hydrogens is 144 g/mol.